The SMILES string of the molecule is Cc1ccc(-c2cc(N3C[C@H](O)C[C@H]3CO)ncc2N(C)C(=O)C(C)(C)c2cc(C(F)(F)F)cc(C(F)(F)F)c2)cc1. The van der Waals surface area contributed by atoms with Crippen molar-refractivity contribution in [3.8, 4) is 11.1 Å². The predicted octanol–water partition coefficient (Wildman–Crippen LogP) is 5.97. The molecule has 0 spiro atoms. The van der Waals surface area contributed by atoms with Crippen molar-refractivity contribution in [2.24, 2.45) is 0 Å². The lowest BCUT2D eigenvalue weighted by molar-refractivity contribution is -0.143. The van der Waals surface area contributed by atoms with E-state index in [2.05, 4.69) is 4.98 Å². The van der Waals surface area contributed by atoms with E-state index in [1.807, 2.05) is 31.2 Å². The number of anilines is 2. The normalized spacial score (nSPS) is 18.0. The standard InChI is InChI=1S/C30H31F6N3O3/c1-17-5-7-18(8-6-17)24-13-26(39-15-23(41)12-22(39)16-40)37-14-25(24)38(4)27(42)28(2,3)19-9-20(29(31,32)33)11-21(10-19)30(34,35)36/h5-11,13-14,22-23,40-41H,12,15-16H2,1-4H3/t22-,23+/m0/s1. The number of carbonyl (C=O) groups is 1. The van der Waals surface area contributed by atoms with Crippen molar-refractivity contribution in [1.29, 1.82) is 0 Å². The number of aryl methyl sites for hydroxylation is 1. The van der Waals surface area contributed by atoms with Gasteiger partial charge in [0.1, 0.15) is 5.82 Å². The van der Waals surface area contributed by atoms with Gasteiger partial charge in [0.2, 0.25) is 5.91 Å². The summed E-state index contributed by atoms with van der Waals surface area (Å²) in [6, 6.07) is 9.78. The molecular weight excluding hydrogens is 564 g/mol. The third-order valence-electron chi connectivity index (χ3n) is 7.64. The van der Waals surface area contributed by atoms with Gasteiger partial charge in [-0.1, -0.05) is 29.8 Å². The van der Waals surface area contributed by atoms with Crippen molar-refractivity contribution in [2.45, 2.75) is 57.1 Å². The van der Waals surface area contributed by atoms with Crippen molar-refractivity contribution in [3.05, 3.63) is 77.0 Å². The fourth-order valence-electron chi connectivity index (χ4n) is 5.14. The van der Waals surface area contributed by atoms with Crippen LogP contribution >= 0.6 is 0 Å². The van der Waals surface area contributed by atoms with Crippen LogP contribution < -0.4 is 9.80 Å². The van der Waals surface area contributed by atoms with Crippen molar-refractivity contribution in [3.63, 3.8) is 0 Å². The molecule has 2 atom stereocenters. The molecule has 6 nitrogen and oxygen atoms in total. The second-order valence-electron chi connectivity index (χ2n) is 11.1. The molecule has 0 bridgehead atoms. The quantitative estimate of drug-likeness (QED) is 0.344. The topological polar surface area (TPSA) is 76.9 Å². The molecule has 3 aromatic rings. The van der Waals surface area contributed by atoms with E-state index in [9.17, 15) is 41.4 Å². The monoisotopic (exact) mass is 595 g/mol. The van der Waals surface area contributed by atoms with Crippen LogP contribution in [-0.2, 0) is 22.6 Å². The van der Waals surface area contributed by atoms with Gasteiger partial charge in [-0.25, -0.2) is 4.98 Å². The van der Waals surface area contributed by atoms with E-state index in [1.54, 1.807) is 11.0 Å². The molecule has 1 aromatic heterocycles. The second kappa shape index (κ2) is 11.2. The summed E-state index contributed by atoms with van der Waals surface area (Å²) in [7, 11) is 1.38. The predicted molar refractivity (Wildman–Crippen MR) is 146 cm³/mol. The number of aromatic nitrogens is 1. The zero-order valence-electron chi connectivity index (χ0n) is 23.4. The molecule has 42 heavy (non-hydrogen) atoms. The van der Waals surface area contributed by atoms with Crippen LogP contribution in [0.3, 0.4) is 0 Å². The van der Waals surface area contributed by atoms with Gasteiger partial charge in [-0.3, -0.25) is 4.79 Å². The molecule has 2 aromatic carbocycles. The van der Waals surface area contributed by atoms with Gasteiger partial charge in [0, 0.05) is 19.2 Å². The zero-order valence-corrected chi connectivity index (χ0v) is 23.4. The molecule has 4 rings (SSSR count). The molecular formula is C30H31F6N3O3. The molecule has 1 aliphatic heterocycles. The van der Waals surface area contributed by atoms with Gasteiger partial charge in [-0.05, 0) is 62.6 Å². The van der Waals surface area contributed by atoms with Gasteiger partial charge in [-0.15, -0.1) is 0 Å². The smallest absolute Gasteiger partial charge is 0.394 e. The van der Waals surface area contributed by atoms with Gasteiger partial charge < -0.3 is 20.0 Å². The third kappa shape index (κ3) is 6.24. The number of hydrogen-bond donors (Lipinski definition) is 2. The molecule has 1 saturated heterocycles. The van der Waals surface area contributed by atoms with Crippen molar-refractivity contribution < 1.29 is 41.4 Å². The van der Waals surface area contributed by atoms with Crippen molar-refractivity contribution in [1.82, 2.24) is 4.98 Å². The average Bonchev–Trinajstić information content (AvgIpc) is 3.31. The molecule has 0 radical (unpaired) electrons. The first-order valence-corrected chi connectivity index (χ1v) is 13.1. The van der Waals surface area contributed by atoms with E-state index in [0.717, 1.165) is 5.56 Å². The summed E-state index contributed by atoms with van der Waals surface area (Å²) in [5.74, 6) is -0.333. The van der Waals surface area contributed by atoms with E-state index in [-0.39, 0.29) is 30.9 Å². The number of alkyl halides is 6. The molecule has 226 valence electrons. The summed E-state index contributed by atoms with van der Waals surface area (Å²) in [4.78, 5) is 21.2. The number of benzene rings is 2. The van der Waals surface area contributed by atoms with Gasteiger partial charge in [0.15, 0.2) is 0 Å². The number of nitrogens with zero attached hydrogens (tertiary/aromatic N) is 3. The third-order valence-corrected chi connectivity index (χ3v) is 7.64. The van der Waals surface area contributed by atoms with Gasteiger partial charge >= 0.3 is 12.4 Å². The fraction of sp³-hybridized carbons (Fsp3) is 0.400. The lowest BCUT2D eigenvalue weighted by atomic mass is 9.81. The van der Waals surface area contributed by atoms with Crippen LogP contribution in [0.5, 0.6) is 0 Å². The highest BCUT2D eigenvalue weighted by molar-refractivity contribution is 6.03. The lowest BCUT2D eigenvalue weighted by Gasteiger charge is -2.32. The Bertz CT molecular complexity index is 1420. The first kappa shape index (κ1) is 31.3. The molecule has 0 saturated carbocycles. The van der Waals surface area contributed by atoms with E-state index in [1.165, 1.54) is 32.0 Å². The van der Waals surface area contributed by atoms with Gasteiger partial charge in [-0.2, -0.15) is 26.3 Å². The summed E-state index contributed by atoms with van der Waals surface area (Å²) in [6.45, 7) is 4.44. The number of aliphatic hydroxyl groups excluding tert-OH is 2. The largest absolute Gasteiger partial charge is 0.416 e. The van der Waals surface area contributed by atoms with Crippen LogP contribution in [0.2, 0.25) is 0 Å². The molecule has 12 heteroatoms. The van der Waals surface area contributed by atoms with Crippen LogP contribution in [0.1, 0.15) is 42.5 Å². The Morgan fingerprint density at radius 1 is 0.976 bits per heavy atom. The Morgan fingerprint density at radius 3 is 2.05 bits per heavy atom. The van der Waals surface area contributed by atoms with Crippen molar-refractivity contribution in [2.75, 3.05) is 30.0 Å². The highest BCUT2D eigenvalue weighted by Crippen LogP contribution is 2.41. The number of hydrogen-bond acceptors (Lipinski definition) is 5. The van der Waals surface area contributed by atoms with Gasteiger partial charge in [0.05, 0.1) is 47.2 Å². The van der Waals surface area contributed by atoms with Crippen LogP contribution in [-0.4, -0.2) is 53.4 Å². The Labute approximate surface area is 239 Å². The Morgan fingerprint density at radius 2 is 1.52 bits per heavy atom. The number of halogens is 6. The van der Waals surface area contributed by atoms with Crippen molar-refractivity contribution >= 4 is 17.4 Å². The number of aliphatic hydroxyl groups is 2. The number of amides is 1. The minimum atomic E-state index is -5.06. The second-order valence-corrected chi connectivity index (χ2v) is 11.1. The fourth-order valence-corrected chi connectivity index (χ4v) is 5.14. The molecule has 1 fully saturated rings. The molecule has 2 N–H and O–H groups in total. The summed E-state index contributed by atoms with van der Waals surface area (Å²) >= 11 is 0. The number of rotatable bonds is 6. The van der Waals surface area contributed by atoms with E-state index in [4.69, 9.17) is 0 Å². The molecule has 2 heterocycles. The molecule has 0 unspecified atom stereocenters. The average molecular weight is 596 g/mol. The zero-order chi connectivity index (χ0) is 31.2. The Balaban J connectivity index is 1.81. The molecule has 1 aliphatic rings. The first-order valence-electron chi connectivity index (χ1n) is 13.1. The maximum Gasteiger partial charge on any atom is 0.416 e. The van der Waals surface area contributed by atoms with E-state index < -0.39 is 46.5 Å². The summed E-state index contributed by atoms with van der Waals surface area (Å²) in [5.41, 5.74) is -2.83. The first-order chi connectivity index (χ1) is 19.4. The Hall–Kier alpha value is -3.64. The molecule has 1 amide bonds. The maximum atomic E-state index is 13.9. The molecule has 0 aliphatic carbocycles. The number of carbonyl (C=O) groups excluding carboxylic acids is 1. The maximum absolute atomic E-state index is 13.9. The van der Waals surface area contributed by atoms with E-state index >= 15 is 0 Å². The van der Waals surface area contributed by atoms with Crippen LogP contribution in [0, 0.1) is 6.92 Å². The highest BCUT2D eigenvalue weighted by atomic mass is 19.4. The Kier molecular flexibility index (Phi) is 8.36. The lowest BCUT2D eigenvalue weighted by Crippen LogP contribution is -2.42. The van der Waals surface area contributed by atoms with Crippen LogP contribution in [0.25, 0.3) is 11.1 Å². The van der Waals surface area contributed by atoms with E-state index in [0.29, 0.717) is 35.5 Å². The summed E-state index contributed by atoms with van der Waals surface area (Å²) in [6.07, 6.45) is -9.07. The summed E-state index contributed by atoms with van der Waals surface area (Å²) < 4.78 is 81.3. The number of β-amino-alcohol motifs (C(OH)–C–C–N with tert-alkyl or cyclic N) is 1. The number of likely N-dealkylation sites (N-methyl/N-ethyl adjacent to an activating group) is 1. The summed E-state index contributed by atoms with van der Waals surface area (Å²) in [5, 5.41) is 20.0. The minimum Gasteiger partial charge on any atom is -0.394 e. The van der Waals surface area contributed by atoms with Crippen LogP contribution in [0.15, 0.2) is 54.7 Å². The van der Waals surface area contributed by atoms with Crippen LogP contribution in [0.4, 0.5) is 37.8 Å². The highest BCUT2D eigenvalue weighted by Gasteiger charge is 2.41. The minimum absolute atomic E-state index is 0.0286. The number of pyridine rings is 1. The van der Waals surface area contributed by atoms with Gasteiger partial charge in [0.25, 0.3) is 0 Å².